The van der Waals surface area contributed by atoms with Crippen LogP contribution in [0.1, 0.15) is 63.5 Å². The van der Waals surface area contributed by atoms with Gasteiger partial charge >= 0.3 is 0 Å². The minimum Gasteiger partial charge on any atom is -0.512 e. The molecule has 1 saturated carbocycles. The Morgan fingerprint density at radius 3 is 2.44 bits per heavy atom. The van der Waals surface area contributed by atoms with E-state index in [1.165, 1.54) is 0 Å². The second-order valence-corrected chi connectivity index (χ2v) is 10.5. The van der Waals surface area contributed by atoms with E-state index in [4.69, 9.17) is 38.8 Å². The molecule has 0 radical (unpaired) electrons. The predicted molar refractivity (Wildman–Crippen MR) is 147 cm³/mol. The first-order valence-corrected chi connectivity index (χ1v) is 13.4. The normalized spacial score (nSPS) is 20.7. The summed E-state index contributed by atoms with van der Waals surface area (Å²) < 4.78 is 6.36. The van der Waals surface area contributed by atoms with Crippen LogP contribution >= 0.6 is 23.2 Å². The number of pyridine rings is 1. The number of anilines is 1. The first-order chi connectivity index (χ1) is 17.3. The highest BCUT2D eigenvalue weighted by Crippen LogP contribution is 2.38. The van der Waals surface area contributed by atoms with Crippen LogP contribution in [0.15, 0.2) is 47.9 Å². The van der Waals surface area contributed by atoms with E-state index in [2.05, 4.69) is 16.8 Å². The molecular weight excluding hydrogens is 495 g/mol. The number of aliphatic hydroxyl groups is 1. The highest BCUT2D eigenvalue weighted by atomic mass is 35.5. The first-order valence-electron chi connectivity index (χ1n) is 12.6. The van der Waals surface area contributed by atoms with Crippen molar-refractivity contribution in [2.75, 3.05) is 18.1 Å². The van der Waals surface area contributed by atoms with Crippen LogP contribution in [0.25, 0.3) is 0 Å². The maximum atomic E-state index is 10.9. The van der Waals surface area contributed by atoms with Gasteiger partial charge in [-0.15, -0.1) is 0 Å². The quantitative estimate of drug-likeness (QED) is 0.224. The summed E-state index contributed by atoms with van der Waals surface area (Å²) in [5.74, 6) is 1.24. The molecule has 0 amide bonds. The number of ether oxygens (including phenoxy) is 1. The molecule has 2 atom stereocenters. The monoisotopic (exact) mass is 528 g/mol. The number of nitrogens with zero attached hydrogens (tertiary/aromatic N) is 2. The smallest absolute Gasteiger partial charge is 0.128 e. The molecule has 0 bridgehead atoms. The van der Waals surface area contributed by atoms with Crippen molar-refractivity contribution >= 4 is 40.4 Å². The molecule has 1 aromatic carbocycles. The molecule has 36 heavy (non-hydrogen) atoms. The summed E-state index contributed by atoms with van der Waals surface area (Å²) in [4.78, 5) is 6.97. The molecule has 3 N–H and O–H groups in total. The fourth-order valence-electron chi connectivity index (χ4n) is 4.82. The molecule has 6 nitrogen and oxygen atoms in total. The average Bonchev–Trinajstić information content (AvgIpc) is 3.70. The van der Waals surface area contributed by atoms with E-state index < -0.39 is 0 Å². The molecule has 2 fully saturated rings. The second-order valence-electron chi connectivity index (χ2n) is 9.73. The summed E-state index contributed by atoms with van der Waals surface area (Å²) in [5, 5.41) is 28.3. The van der Waals surface area contributed by atoms with Crippen LogP contribution in [0, 0.1) is 16.7 Å². The molecule has 2 heterocycles. The maximum absolute atomic E-state index is 10.9. The first kappa shape index (κ1) is 26.6. The van der Waals surface area contributed by atoms with Gasteiger partial charge in [0, 0.05) is 47.1 Å². The maximum Gasteiger partial charge on any atom is 0.128 e. The summed E-state index contributed by atoms with van der Waals surface area (Å²) in [5.41, 5.74) is 2.37. The molecule has 2 unspecified atom stereocenters. The molecule has 2 aromatic rings. The fourth-order valence-corrected chi connectivity index (χ4v) is 5.40. The Morgan fingerprint density at radius 1 is 1.14 bits per heavy atom. The Labute approximate surface area is 223 Å². The number of aromatic nitrogens is 1. The van der Waals surface area contributed by atoms with E-state index in [9.17, 15) is 5.11 Å². The van der Waals surface area contributed by atoms with Crippen molar-refractivity contribution in [3.05, 3.63) is 69.0 Å². The summed E-state index contributed by atoms with van der Waals surface area (Å²) in [7, 11) is 0. The van der Waals surface area contributed by atoms with Gasteiger partial charge in [-0.3, -0.25) is 5.41 Å². The summed E-state index contributed by atoms with van der Waals surface area (Å²) >= 11 is 12.8. The summed E-state index contributed by atoms with van der Waals surface area (Å²) in [6, 6.07) is 9.41. The molecule has 1 aliphatic heterocycles. The summed E-state index contributed by atoms with van der Waals surface area (Å²) in [6.07, 6.45) is 7.36. The Kier molecular flexibility index (Phi) is 8.70. The Hall–Kier alpha value is -2.41. The number of rotatable bonds is 10. The standard InChI is InChI=1S/C28H34Cl2N4O2/c1-3-5-20-14-21(12-13-34(20)25-11-10-19(15-33-25)17(2)31)36-16-22(28(35)18-8-9-18)27(32)26-23(29)6-4-7-24(26)30/h4,6-7,10-11,15,18,20-21,31-32,35H,3,5,8-9,12-14,16H2,1-2H3/b28-22-,31-17?,32-27?. The Bertz CT molecular complexity index is 1120. The zero-order chi connectivity index (χ0) is 25.8. The van der Waals surface area contributed by atoms with E-state index in [0.717, 1.165) is 56.5 Å². The van der Waals surface area contributed by atoms with Crippen LogP contribution < -0.4 is 4.90 Å². The van der Waals surface area contributed by atoms with Crippen molar-refractivity contribution in [2.45, 2.75) is 64.5 Å². The van der Waals surface area contributed by atoms with E-state index in [0.29, 0.717) is 26.9 Å². The van der Waals surface area contributed by atoms with Crippen molar-refractivity contribution in [1.29, 1.82) is 10.8 Å². The number of halogens is 2. The molecule has 4 rings (SSSR count). The predicted octanol–water partition coefficient (Wildman–Crippen LogP) is 7.22. The molecule has 0 spiro atoms. The van der Waals surface area contributed by atoms with Gasteiger partial charge in [0.25, 0.3) is 0 Å². The summed E-state index contributed by atoms with van der Waals surface area (Å²) in [6.45, 7) is 4.91. The zero-order valence-corrected chi connectivity index (χ0v) is 22.4. The van der Waals surface area contributed by atoms with Crippen LogP contribution in [0.5, 0.6) is 0 Å². The van der Waals surface area contributed by atoms with E-state index in [1.54, 1.807) is 31.3 Å². The highest BCUT2D eigenvalue weighted by Gasteiger charge is 2.33. The number of hydrogen-bond donors (Lipinski definition) is 3. The van der Waals surface area contributed by atoms with Crippen molar-refractivity contribution in [3.8, 4) is 0 Å². The second kappa shape index (κ2) is 11.8. The number of allylic oxidation sites excluding steroid dienone is 1. The van der Waals surface area contributed by atoms with Gasteiger partial charge in [0.2, 0.25) is 0 Å². The van der Waals surface area contributed by atoms with E-state index in [-0.39, 0.29) is 36.1 Å². The van der Waals surface area contributed by atoms with Gasteiger partial charge in [-0.05, 0) is 63.3 Å². The molecule has 1 saturated heterocycles. The molecule has 8 heteroatoms. The Morgan fingerprint density at radius 2 is 1.86 bits per heavy atom. The van der Waals surface area contributed by atoms with Gasteiger partial charge in [-0.25, -0.2) is 4.98 Å². The van der Waals surface area contributed by atoms with Gasteiger partial charge in [0.1, 0.15) is 11.6 Å². The minimum atomic E-state index is 0.0115. The van der Waals surface area contributed by atoms with Crippen molar-refractivity contribution in [2.24, 2.45) is 5.92 Å². The number of hydrogen-bond acceptors (Lipinski definition) is 6. The SMILES string of the molecule is CCCC1CC(OC/C(C(=N)c2c(Cl)cccc2Cl)=C(/O)C2CC2)CCN1c1ccc(C(C)=N)cn1. The molecule has 1 aromatic heterocycles. The molecular formula is C28H34Cl2N4O2. The van der Waals surface area contributed by atoms with Gasteiger partial charge in [0.05, 0.1) is 28.5 Å². The fraction of sp³-hybridized carbons (Fsp3) is 0.464. The van der Waals surface area contributed by atoms with Crippen molar-refractivity contribution in [1.82, 2.24) is 4.98 Å². The van der Waals surface area contributed by atoms with Gasteiger partial charge in [0.15, 0.2) is 0 Å². The van der Waals surface area contributed by atoms with E-state index >= 15 is 0 Å². The lowest BCUT2D eigenvalue weighted by Gasteiger charge is -2.40. The zero-order valence-electron chi connectivity index (χ0n) is 20.9. The molecule has 192 valence electrons. The number of piperidine rings is 1. The third-order valence-electron chi connectivity index (χ3n) is 7.02. The minimum absolute atomic E-state index is 0.0115. The average molecular weight is 530 g/mol. The van der Waals surface area contributed by atoms with Crippen molar-refractivity contribution in [3.63, 3.8) is 0 Å². The topological polar surface area (TPSA) is 93.3 Å². The number of nitrogens with one attached hydrogen (secondary N) is 2. The third kappa shape index (κ3) is 6.10. The van der Waals surface area contributed by atoms with Crippen LogP contribution in [0.2, 0.25) is 10.0 Å². The van der Waals surface area contributed by atoms with Gasteiger partial charge in [-0.2, -0.15) is 0 Å². The van der Waals surface area contributed by atoms with Crippen LogP contribution in [0.3, 0.4) is 0 Å². The number of benzene rings is 1. The van der Waals surface area contributed by atoms with Crippen LogP contribution in [0.4, 0.5) is 5.82 Å². The van der Waals surface area contributed by atoms with Crippen LogP contribution in [-0.2, 0) is 4.74 Å². The lowest BCUT2D eigenvalue weighted by molar-refractivity contribution is 0.0414. The van der Waals surface area contributed by atoms with E-state index in [1.807, 2.05) is 12.1 Å². The number of aliphatic hydroxyl groups excluding tert-OH is 1. The Balaban J connectivity index is 1.47. The highest BCUT2D eigenvalue weighted by molar-refractivity contribution is 6.41. The van der Waals surface area contributed by atoms with Gasteiger partial charge < -0.3 is 20.2 Å². The molecule has 2 aliphatic rings. The lowest BCUT2D eigenvalue weighted by Crippen LogP contribution is -2.45. The van der Waals surface area contributed by atoms with Gasteiger partial charge in [-0.1, -0.05) is 42.6 Å². The van der Waals surface area contributed by atoms with Crippen LogP contribution in [-0.4, -0.2) is 46.8 Å². The van der Waals surface area contributed by atoms with Crippen molar-refractivity contribution < 1.29 is 9.84 Å². The molecule has 1 aliphatic carbocycles. The third-order valence-corrected chi connectivity index (χ3v) is 7.65. The lowest BCUT2D eigenvalue weighted by atomic mass is 9.95. The largest absolute Gasteiger partial charge is 0.512 e.